The van der Waals surface area contributed by atoms with Gasteiger partial charge in [-0.05, 0) is 25.1 Å². The lowest BCUT2D eigenvalue weighted by Gasteiger charge is -1.99. The zero-order valence-electron chi connectivity index (χ0n) is 9.49. The molecule has 1 aromatic carbocycles. The van der Waals surface area contributed by atoms with Crippen LogP contribution in [-0.2, 0) is 13.1 Å². The molecule has 0 saturated heterocycles. The third-order valence-electron chi connectivity index (χ3n) is 3.03. The molecule has 0 atom stereocenters. The van der Waals surface area contributed by atoms with Crippen molar-refractivity contribution < 1.29 is 0 Å². The van der Waals surface area contributed by atoms with Crippen LogP contribution in [0.3, 0.4) is 0 Å². The lowest BCUT2D eigenvalue weighted by atomic mass is 10.2. The van der Waals surface area contributed by atoms with Crippen LogP contribution < -0.4 is 5.32 Å². The summed E-state index contributed by atoms with van der Waals surface area (Å²) in [5.74, 6) is 1.12. The van der Waals surface area contributed by atoms with Gasteiger partial charge in [0.05, 0.1) is 12.2 Å². The average Bonchev–Trinajstić information content (AvgIpc) is 2.62. The Kier molecular flexibility index (Phi) is 2.87. The van der Waals surface area contributed by atoms with Crippen molar-refractivity contribution in [3.63, 3.8) is 0 Å². The van der Waals surface area contributed by atoms with Gasteiger partial charge < -0.3 is 9.88 Å². The van der Waals surface area contributed by atoms with Gasteiger partial charge in [0.1, 0.15) is 5.82 Å². The summed E-state index contributed by atoms with van der Waals surface area (Å²) in [6.07, 6.45) is 3.29. The summed E-state index contributed by atoms with van der Waals surface area (Å²) < 4.78 is 2.24. The van der Waals surface area contributed by atoms with E-state index in [4.69, 9.17) is 11.6 Å². The number of rotatable bonds is 1. The molecule has 1 N–H and O–H groups in total. The maximum absolute atomic E-state index is 5.89. The van der Waals surface area contributed by atoms with Gasteiger partial charge in [0, 0.05) is 23.3 Å². The number of benzene rings is 1. The molecule has 4 heteroatoms. The normalized spacial score (nSPS) is 15.4. The van der Waals surface area contributed by atoms with Crippen molar-refractivity contribution in [1.29, 1.82) is 0 Å². The molecule has 1 aliphatic rings. The van der Waals surface area contributed by atoms with Gasteiger partial charge in [0.15, 0.2) is 0 Å². The van der Waals surface area contributed by atoms with E-state index in [-0.39, 0.29) is 0 Å². The van der Waals surface area contributed by atoms with E-state index in [1.807, 2.05) is 24.3 Å². The number of aryl methyl sites for hydroxylation is 1. The van der Waals surface area contributed by atoms with E-state index in [1.165, 1.54) is 0 Å². The molecule has 88 valence electrons. The summed E-state index contributed by atoms with van der Waals surface area (Å²) in [6, 6.07) is 7.83. The van der Waals surface area contributed by atoms with Gasteiger partial charge in [-0.2, -0.15) is 0 Å². The first-order chi connectivity index (χ1) is 8.33. The second-order valence-corrected chi connectivity index (χ2v) is 4.71. The molecular formula is C13H14ClN3. The number of aromatic nitrogens is 2. The lowest BCUT2D eigenvalue weighted by Crippen LogP contribution is -2.12. The fourth-order valence-electron chi connectivity index (χ4n) is 2.12. The summed E-state index contributed by atoms with van der Waals surface area (Å²) in [7, 11) is 0. The first kappa shape index (κ1) is 10.8. The Morgan fingerprint density at radius 2 is 2.06 bits per heavy atom. The van der Waals surface area contributed by atoms with Crippen LogP contribution in [-0.4, -0.2) is 16.1 Å². The van der Waals surface area contributed by atoms with Crippen molar-refractivity contribution in [2.45, 2.75) is 19.5 Å². The molecule has 17 heavy (non-hydrogen) atoms. The molecule has 0 unspecified atom stereocenters. The van der Waals surface area contributed by atoms with Crippen molar-refractivity contribution >= 4 is 11.6 Å². The first-order valence-electron chi connectivity index (χ1n) is 5.85. The van der Waals surface area contributed by atoms with Crippen LogP contribution in [0.5, 0.6) is 0 Å². The van der Waals surface area contributed by atoms with Crippen LogP contribution in [0, 0.1) is 0 Å². The number of nitrogens with zero attached hydrogens (tertiary/aromatic N) is 2. The monoisotopic (exact) mass is 247 g/mol. The molecule has 0 amide bonds. The molecule has 0 radical (unpaired) electrons. The second kappa shape index (κ2) is 4.51. The predicted octanol–water partition coefficient (Wildman–Crippen LogP) is 2.70. The van der Waals surface area contributed by atoms with E-state index >= 15 is 0 Å². The van der Waals surface area contributed by atoms with Crippen LogP contribution in [0.4, 0.5) is 0 Å². The van der Waals surface area contributed by atoms with Crippen molar-refractivity contribution in [2.24, 2.45) is 0 Å². The number of hydrogen-bond donors (Lipinski definition) is 1. The highest BCUT2D eigenvalue weighted by Crippen LogP contribution is 2.21. The van der Waals surface area contributed by atoms with Gasteiger partial charge in [-0.25, -0.2) is 4.98 Å². The molecule has 0 aliphatic carbocycles. The Hall–Kier alpha value is -1.32. The van der Waals surface area contributed by atoms with Crippen LogP contribution >= 0.6 is 11.6 Å². The number of fused-ring (bicyclic) bond motifs is 1. The zero-order chi connectivity index (χ0) is 11.7. The Labute approximate surface area is 105 Å². The summed E-state index contributed by atoms with van der Waals surface area (Å²) in [5, 5.41) is 4.13. The smallest absolute Gasteiger partial charge is 0.123 e. The SMILES string of the molecule is Clc1ccc(-c2cn3c(n2)CNCCC3)cc1. The molecule has 2 heterocycles. The number of nitrogens with one attached hydrogen (secondary N) is 1. The van der Waals surface area contributed by atoms with Crippen molar-refractivity contribution in [3.05, 3.63) is 41.3 Å². The highest BCUT2D eigenvalue weighted by molar-refractivity contribution is 6.30. The maximum atomic E-state index is 5.89. The molecule has 0 bridgehead atoms. The van der Waals surface area contributed by atoms with Gasteiger partial charge >= 0.3 is 0 Å². The van der Waals surface area contributed by atoms with Crippen molar-refractivity contribution in [2.75, 3.05) is 6.54 Å². The van der Waals surface area contributed by atoms with E-state index < -0.39 is 0 Å². The van der Waals surface area contributed by atoms with Crippen molar-refractivity contribution in [1.82, 2.24) is 14.9 Å². The third-order valence-corrected chi connectivity index (χ3v) is 3.29. The number of hydrogen-bond acceptors (Lipinski definition) is 2. The van der Waals surface area contributed by atoms with Gasteiger partial charge in [0.25, 0.3) is 0 Å². The molecule has 1 aliphatic heterocycles. The van der Waals surface area contributed by atoms with E-state index in [2.05, 4.69) is 21.1 Å². The second-order valence-electron chi connectivity index (χ2n) is 4.27. The van der Waals surface area contributed by atoms with Crippen LogP contribution in [0.15, 0.2) is 30.5 Å². The van der Waals surface area contributed by atoms with E-state index in [0.29, 0.717) is 0 Å². The third kappa shape index (κ3) is 2.21. The topological polar surface area (TPSA) is 29.9 Å². The summed E-state index contributed by atoms with van der Waals surface area (Å²) >= 11 is 5.89. The van der Waals surface area contributed by atoms with E-state index in [0.717, 1.165) is 48.2 Å². The summed E-state index contributed by atoms with van der Waals surface area (Å²) in [6.45, 7) is 2.97. The minimum Gasteiger partial charge on any atom is -0.333 e. The lowest BCUT2D eigenvalue weighted by molar-refractivity contribution is 0.645. The fraction of sp³-hybridized carbons (Fsp3) is 0.308. The van der Waals surface area contributed by atoms with Crippen LogP contribution in [0.1, 0.15) is 12.2 Å². The number of halogens is 1. The average molecular weight is 248 g/mol. The van der Waals surface area contributed by atoms with Crippen LogP contribution in [0.2, 0.25) is 5.02 Å². The molecule has 3 rings (SSSR count). The van der Waals surface area contributed by atoms with E-state index in [9.17, 15) is 0 Å². The largest absolute Gasteiger partial charge is 0.333 e. The molecule has 2 aromatic rings. The molecule has 1 aromatic heterocycles. The highest BCUT2D eigenvalue weighted by atomic mass is 35.5. The Morgan fingerprint density at radius 3 is 2.88 bits per heavy atom. The number of imidazole rings is 1. The van der Waals surface area contributed by atoms with Gasteiger partial charge in [-0.15, -0.1) is 0 Å². The highest BCUT2D eigenvalue weighted by Gasteiger charge is 2.11. The predicted molar refractivity (Wildman–Crippen MR) is 69.0 cm³/mol. The summed E-state index contributed by atoms with van der Waals surface area (Å²) in [4.78, 5) is 4.67. The Balaban J connectivity index is 1.96. The van der Waals surface area contributed by atoms with Gasteiger partial charge in [-0.3, -0.25) is 0 Å². The molecule has 0 saturated carbocycles. The maximum Gasteiger partial charge on any atom is 0.123 e. The zero-order valence-corrected chi connectivity index (χ0v) is 10.2. The molecule has 0 fully saturated rings. The minimum atomic E-state index is 0.760. The Morgan fingerprint density at radius 1 is 1.24 bits per heavy atom. The molecular weight excluding hydrogens is 234 g/mol. The first-order valence-corrected chi connectivity index (χ1v) is 6.23. The van der Waals surface area contributed by atoms with Gasteiger partial charge in [-0.1, -0.05) is 23.7 Å². The van der Waals surface area contributed by atoms with E-state index in [1.54, 1.807) is 0 Å². The minimum absolute atomic E-state index is 0.760. The standard InChI is InChI=1S/C13H14ClN3/c14-11-4-2-10(3-5-11)12-9-17-7-1-6-15-8-13(17)16-12/h2-5,9,15H,1,6-8H2. The Bertz CT molecular complexity index is 492. The van der Waals surface area contributed by atoms with Crippen molar-refractivity contribution in [3.8, 4) is 11.3 Å². The van der Waals surface area contributed by atoms with Crippen LogP contribution in [0.25, 0.3) is 11.3 Å². The van der Waals surface area contributed by atoms with Gasteiger partial charge in [0.2, 0.25) is 0 Å². The quantitative estimate of drug-likeness (QED) is 0.840. The molecule has 3 nitrogen and oxygen atoms in total. The summed E-state index contributed by atoms with van der Waals surface area (Å²) in [5.41, 5.74) is 2.15. The molecule has 0 spiro atoms. The fourth-order valence-corrected chi connectivity index (χ4v) is 2.25.